The van der Waals surface area contributed by atoms with Crippen LogP contribution in [0.3, 0.4) is 0 Å². The van der Waals surface area contributed by atoms with Gasteiger partial charge in [-0.2, -0.15) is 4.99 Å². The minimum atomic E-state index is -0.437. The highest BCUT2D eigenvalue weighted by molar-refractivity contribution is 7.97. The van der Waals surface area contributed by atoms with E-state index in [2.05, 4.69) is 4.99 Å². The molecule has 1 aromatic carbocycles. The zero-order valence-corrected chi connectivity index (χ0v) is 16.3. The van der Waals surface area contributed by atoms with E-state index < -0.39 is 5.41 Å². The summed E-state index contributed by atoms with van der Waals surface area (Å²) < 4.78 is 2.02. The summed E-state index contributed by atoms with van der Waals surface area (Å²) in [5.41, 5.74) is 5.37. The van der Waals surface area contributed by atoms with E-state index in [1.54, 1.807) is 0 Å². The first kappa shape index (κ1) is 19.8. The summed E-state index contributed by atoms with van der Waals surface area (Å²) in [5, 5.41) is 10.6. The summed E-state index contributed by atoms with van der Waals surface area (Å²) in [6.07, 6.45) is 3.02. The van der Waals surface area contributed by atoms with Crippen LogP contribution in [0, 0.1) is 5.41 Å². The molecule has 7 heteroatoms. The van der Waals surface area contributed by atoms with Gasteiger partial charge in [-0.15, -0.1) is 0 Å². The van der Waals surface area contributed by atoms with Crippen molar-refractivity contribution in [2.75, 3.05) is 6.54 Å². The Kier molecular flexibility index (Phi) is 6.54. The number of allylic oxidation sites excluding steroid dienone is 1. The minimum Gasteiger partial charge on any atom is -0.512 e. The summed E-state index contributed by atoms with van der Waals surface area (Å²) in [6.45, 7) is 6.38. The monoisotopic (exact) mass is 381 g/mol. The molecule has 2 rings (SSSR count). The van der Waals surface area contributed by atoms with Gasteiger partial charge >= 0.3 is 0 Å². The number of aliphatic hydroxyl groups excluding tert-OH is 1. The highest BCUT2D eigenvalue weighted by Crippen LogP contribution is 2.32. The maximum absolute atomic E-state index is 12.5. The fourth-order valence-corrected chi connectivity index (χ4v) is 3.52. The van der Waals surface area contributed by atoms with Gasteiger partial charge in [-0.25, -0.2) is 4.31 Å². The number of carbonyl (C=O) groups is 1. The smallest absolute Gasteiger partial charge is 0.265 e. The zero-order valence-electron chi connectivity index (χ0n) is 14.7. The lowest BCUT2D eigenvalue weighted by Gasteiger charge is -2.20. The summed E-state index contributed by atoms with van der Waals surface area (Å²) in [7, 11) is 0. The first-order valence-electron chi connectivity index (χ1n) is 8.16. The molecule has 0 saturated carbocycles. The van der Waals surface area contributed by atoms with E-state index >= 15 is 0 Å². The maximum Gasteiger partial charge on any atom is 0.265 e. The number of carbonyl (C=O) groups excluding carboxylic acids is 1. The van der Waals surface area contributed by atoms with E-state index in [0.29, 0.717) is 5.02 Å². The number of nitrogens with two attached hydrogens (primary N) is 1. The number of amides is 1. The van der Waals surface area contributed by atoms with Crippen LogP contribution in [0.2, 0.25) is 5.02 Å². The van der Waals surface area contributed by atoms with Gasteiger partial charge in [0.15, 0.2) is 0 Å². The van der Waals surface area contributed by atoms with Crippen molar-refractivity contribution in [2.45, 2.75) is 44.6 Å². The van der Waals surface area contributed by atoms with Crippen LogP contribution in [0.15, 0.2) is 46.0 Å². The Bertz CT molecular complexity index is 681. The van der Waals surface area contributed by atoms with Crippen LogP contribution in [0.5, 0.6) is 0 Å². The molecular formula is C18H24ClN3O2S. The lowest BCUT2D eigenvalue weighted by Crippen LogP contribution is -2.31. The first-order valence-corrected chi connectivity index (χ1v) is 9.31. The average Bonchev–Trinajstić information content (AvgIpc) is 2.96. The van der Waals surface area contributed by atoms with Crippen LogP contribution in [0.4, 0.5) is 0 Å². The van der Waals surface area contributed by atoms with Gasteiger partial charge in [-0.1, -0.05) is 32.4 Å². The molecule has 1 atom stereocenters. The number of aliphatic imine (C=N–C) groups is 1. The number of hydrogen-bond acceptors (Lipinski definition) is 4. The lowest BCUT2D eigenvalue weighted by molar-refractivity contribution is -0.120. The SMILES string of the molecule is CC(C)(C)/C(O)=C/C(N)=NC(=O)[C@@H]1CCCN1Sc1ccc(Cl)cc1. The number of rotatable bonds is 4. The molecule has 1 heterocycles. The highest BCUT2D eigenvalue weighted by atomic mass is 35.5. The number of amidine groups is 1. The van der Waals surface area contributed by atoms with Crippen LogP contribution < -0.4 is 5.73 Å². The number of halogens is 1. The van der Waals surface area contributed by atoms with Crippen LogP contribution >= 0.6 is 23.5 Å². The third kappa shape index (κ3) is 5.76. The van der Waals surface area contributed by atoms with Gasteiger partial charge in [0.25, 0.3) is 5.91 Å². The molecule has 1 aromatic rings. The van der Waals surface area contributed by atoms with Crippen molar-refractivity contribution in [3.8, 4) is 0 Å². The Morgan fingerprint density at radius 3 is 2.64 bits per heavy atom. The molecule has 1 fully saturated rings. The molecule has 1 saturated heterocycles. The molecular weight excluding hydrogens is 358 g/mol. The van der Waals surface area contributed by atoms with Gasteiger partial charge in [-0.05, 0) is 49.1 Å². The van der Waals surface area contributed by atoms with Crippen LogP contribution in [-0.4, -0.2) is 33.7 Å². The Balaban J connectivity index is 2.07. The molecule has 0 bridgehead atoms. The van der Waals surface area contributed by atoms with Gasteiger partial charge in [0.1, 0.15) is 17.6 Å². The lowest BCUT2D eigenvalue weighted by atomic mass is 9.93. The molecule has 0 aromatic heterocycles. The molecule has 1 aliphatic heterocycles. The number of benzene rings is 1. The van der Waals surface area contributed by atoms with Crippen molar-refractivity contribution in [1.29, 1.82) is 0 Å². The van der Waals surface area contributed by atoms with Crippen molar-refractivity contribution in [2.24, 2.45) is 16.1 Å². The molecule has 0 radical (unpaired) electrons. The predicted octanol–water partition coefficient (Wildman–Crippen LogP) is 4.18. The summed E-state index contributed by atoms with van der Waals surface area (Å²) in [6, 6.07) is 7.19. The fourth-order valence-electron chi connectivity index (χ4n) is 2.32. The summed E-state index contributed by atoms with van der Waals surface area (Å²) in [4.78, 5) is 17.5. The molecule has 3 N–H and O–H groups in total. The Morgan fingerprint density at radius 1 is 1.40 bits per heavy atom. The van der Waals surface area contributed by atoms with E-state index in [4.69, 9.17) is 17.3 Å². The molecule has 5 nitrogen and oxygen atoms in total. The van der Waals surface area contributed by atoms with Gasteiger partial charge in [0, 0.05) is 28.0 Å². The van der Waals surface area contributed by atoms with Crippen LogP contribution in [0.1, 0.15) is 33.6 Å². The largest absolute Gasteiger partial charge is 0.512 e. The third-order valence-electron chi connectivity index (χ3n) is 3.82. The van der Waals surface area contributed by atoms with Gasteiger partial charge in [0.05, 0.1) is 0 Å². The van der Waals surface area contributed by atoms with Gasteiger partial charge in [-0.3, -0.25) is 4.79 Å². The number of nitrogens with zero attached hydrogens (tertiary/aromatic N) is 2. The topological polar surface area (TPSA) is 78.9 Å². The average molecular weight is 382 g/mol. The van der Waals surface area contributed by atoms with E-state index in [9.17, 15) is 9.90 Å². The molecule has 0 spiro atoms. The van der Waals surface area contributed by atoms with Crippen molar-refractivity contribution in [1.82, 2.24) is 4.31 Å². The van der Waals surface area contributed by atoms with Crippen molar-refractivity contribution >= 4 is 35.3 Å². The van der Waals surface area contributed by atoms with Crippen molar-refractivity contribution in [3.63, 3.8) is 0 Å². The standard InChI is InChI=1S/C18H24ClN3O2S/c1-18(2,3)15(23)11-16(20)21-17(24)14-5-4-10-22(14)25-13-8-6-12(19)7-9-13/h6-9,11,14,23H,4-5,10H2,1-3H3,(H2,20,21,24)/b15-11-/t14-/m0/s1. The Hall–Kier alpha value is -1.50. The number of aliphatic hydroxyl groups is 1. The Morgan fingerprint density at radius 2 is 2.04 bits per heavy atom. The molecule has 1 aliphatic rings. The summed E-state index contributed by atoms with van der Waals surface area (Å²) >= 11 is 7.42. The second kappa shape index (κ2) is 8.25. The summed E-state index contributed by atoms with van der Waals surface area (Å²) in [5.74, 6) is -0.157. The fraction of sp³-hybridized carbons (Fsp3) is 0.444. The normalized spacial score (nSPS) is 20.1. The number of hydrogen-bond donors (Lipinski definition) is 2. The molecule has 0 unspecified atom stereocenters. The van der Waals surface area contributed by atoms with E-state index in [-0.39, 0.29) is 23.5 Å². The van der Waals surface area contributed by atoms with Crippen LogP contribution in [0.25, 0.3) is 0 Å². The minimum absolute atomic E-state index is 0.0285. The second-order valence-electron chi connectivity index (χ2n) is 7.00. The van der Waals surface area contributed by atoms with Gasteiger partial charge in [0.2, 0.25) is 0 Å². The first-order chi connectivity index (χ1) is 11.7. The van der Waals surface area contributed by atoms with Crippen LogP contribution in [-0.2, 0) is 4.79 Å². The zero-order chi connectivity index (χ0) is 18.6. The molecule has 1 amide bonds. The molecule has 0 aliphatic carbocycles. The maximum atomic E-state index is 12.5. The van der Waals surface area contributed by atoms with Crippen molar-refractivity contribution < 1.29 is 9.90 Å². The third-order valence-corrected chi connectivity index (χ3v) is 5.22. The van der Waals surface area contributed by atoms with Crippen molar-refractivity contribution in [3.05, 3.63) is 41.1 Å². The van der Waals surface area contributed by atoms with E-state index in [1.807, 2.05) is 49.3 Å². The molecule has 136 valence electrons. The molecule has 25 heavy (non-hydrogen) atoms. The predicted molar refractivity (Wildman–Crippen MR) is 104 cm³/mol. The second-order valence-corrected chi connectivity index (χ2v) is 8.56. The Labute approximate surface area is 158 Å². The van der Waals surface area contributed by atoms with Gasteiger partial charge < -0.3 is 10.8 Å². The highest BCUT2D eigenvalue weighted by Gasteiger charge is 2.31. The van der Waals surface area contributed by atoms with E-state index in [0.717, 1.165) is 24.3 Å². The van der Waals surface area contributed by atoms with E-state index in [1.165, 1.54) is 18.0 Å². The quantitative estimate of drug-likeness (QED) is 0.354.